The van der Waals surface area contributed by atoms with Gasteiger partial charge in [0.1, 0.15) is 60.5 Å². The van der Waals surface area contributed by atoms with Gasteiger partial charge in [-0.15, -0.1) is 0 Å². The van der Waals surface area contributed by atoms with Gasteiger partial charge < -0.3 is 23.7 Å². The molecule has 30 heteroatoms. The fraction of sp³-hybridized carbons (Fsp3) is 0.926. The molecule has 5 aliphatic heterocycles. The van der Waals surface area contributed by atoms with Crippen molar-refractivity contribution in [2.75, 3.05) is 0 Å². The van der Waals surface area contributed by atoms with Crippen LogP contribution >= 0.6 is 0 Å². The topological polar surface area (TPSA) is 348 Å². The molecule has 10 saturated carbocycles. The monoisotopic (exact) mass is 1480 g/mol. The second-order valence-electron chi connectivity index (χ2n) is 34.8. The second-order valence-corrected chi connectivity index (χ2v) is 43.7. The lowest BCUT2D eigenvalue weighted by Crippen LogP contribution is -2.48. The maximum Gasteiger partial charge on any atom is 0.311 e. The van der Waals surface area contributed by atoms with E-state index in [1.54, 1.807) is 6.92 Å². The second kappa shape index (κ2) is 25.0. The van der Waals surface area contributed by atoms with Crippen molar-refractivity contribution in [2.24, 2.45) is 91.7 Å². The van der Waals surface area contributed by atoms with E-state index in [0.717, 1.165) is 32.1 Å². The van der Waals surface area contributed by atoms with Crippen LogP contribution in [-0.2, 0) is 119 Å². The Labute approximate surface area is 580 Å². The zero-order chi connectivity index (χ0) is 72.7. The van der Waals surface area contributed by atoms with Gasteiger partial charge in [-0.25, -0.2) is 0 Å². The van der Waals surface area contributed by atoms with Gasteiger partial charge in [-0.1, -0.05) is 62.3 Å². The first-order valence-corrected chi connectivity index (χ1v) is 43.0. The van der Waals surface area contributed by atoms with Gasteiger partial charge in [0.2, 0.25) is 0 Å². The number of rotatable bonds is 15. The van der Waals surface area contributed by atoms with Crippen LogP contribution in [0.5, 0.6) is 0 Å². The summed E-state index contributed by atoms with van der Waals surface area (Å²) in [7, 11) is -17.3. The predicted octanol–water partition coefficient (Wildman–Crippen LogP) is 8.38. The standard InChI is InChI=1S/C15H24O5S.2C14H22O5S.C13H20O5S.C12H18O5S/c1-6-14(2,3)13(16)19-11-8-7-9-10(15(8,4)5)12(11)20-21(9,17)18;1-5-13(2,3)12(15)18-11-10-8-6-14(11,4)7-9(8)20(16,17)19-10;1-5-13(2,3)12(15)18-11-8-6-9-10(7-8)20(16,17)19-14(9,11)4;1-4-13(2,3)12(14)17-10-7-5-8-9(6-7)19(15,16)18-11(8)10;1-3-6(2)12(13)16-10-7-4-8-9(5-7)18(14,15)17-11(8)10/h8-12H,6-7H2,1-5H3;2*8-11H,5-7H2,1-4H3;7-11H,4-6H2,1-3H3;6-11H,3-5H2,1-2H3. The molecule has 26 unspecified atom stereocenters. The molecule has 10 bridgehead atoms. The van der Waals surface area contributed by atoms with Gasteiger partial charge in [-0.3, -0.25) is 44.9 Å². The summed E-state index contributed by atoms with van der Waals surface area (Å²) in [5.74, 6) is -0.960. The Morgan fingerprint density at radius 1 is 0.418 bits per heavy atom. The Balaban J connectivity index is 0.000000124. The normalized spacial score (nSPS) is 43.9. The zero-order valence-corrected chi connectivity index (χ0v) is 64.1. The molecule has 0 aromatic rings. The molecule has 0 spiro atoms. The molecule has 10 aliphatic carbocycles. The van der Waals surface area contributed by atoms with Crippen LogP contribution in [0.3, 0.4) is 0 Å². The van der Waals surface area contributed by atoms with E-state index in [1.807, 2.05) is 104 Å². The Hall–Kier alpha value is -3.10. The van der Waals surface area contributed by atoms with E-state index in [9.17, 15) is 66.1 Å². The molecule has 0 amide bonds. The smallest absolute Gasteiger partial charge is 0.311 e. The highest BCUT2D eigenvalue weighted by atomic mass is 32.2. The molecule has 15 aliphatic rings. The summed E-state index contributed by atoms with van der Waals surface area (Å²) in [5, 5.41) is -1.93. The van der Waals surface area contributed by atoms with Gasteiger partial charge in [-0.05, 0) is 158 Å². The molecular weight excluding hydrogens is 1380 g/mol. The third-order valence-corrected chi connectivity index (χ3v) is 35.9. The number of hydrogen-bond acceptors (Lipinski definition) is 25. The molecule has 5 heterocycles. The molecule has 0 aromatic carbocycles. The van der Waals surface area contributed by atoms with Crippen LogP contribution < -0.4 is 0 Å². The molecule has 558 valence electrons. The third kappa shape index (κ3) is 12.5. The van der Waals surface area contributed by atoms with Crippen LogP contribution in [0.2, 0.25) is 0 Å². The first-order chi connectivity index (χ1) is 44.9. The molecule has 0 N–H and O–H groups in total. The van der Waals surface area contributed by atoms with Crippen LogP contribution in [0.15, 0.2) is 0 Å². The van der Waals surface area contributed by atoms with Gasteiger partial charge in [0, 0.05) is 58.7 Å². The zero-order valence-electron chi connectivity index (χ0n) is 60.0. The average Bonchev–Trinajstić information content (AvgIpc) is 1.55. The number of ether oxygens (including phenoxy) is 5. The van der Waals surface area contributed by atoms with E-state index < -0.39 is 136 Å². The van der Waals surface area contributed by atoms with Crippen LogP contribution in [0.1, 0.15) is 215 Å². The molecule has 0 radical (unpaired) electrons. The lowest BCUT2D eigenvalue weighted by Gasteiger charge is -2.35. The highest BCUT2D eigenvalue weighted by molar-refractivity contribution is 7.88. The number of carbonyl (C=O) groups excluding carboxylic acids is 5. The largest absolute Gasteiger partial charge is 0.459 e. The molecule has 25 nitrogen and oxygen atoms in total. The summed E-state index contributed by atoms with van der Waals surface area (Å²) in [6, 6.07) is 0. The minimum absolute atomic E-state index is 0.00691. The fourth-order valence-corrected chi connectivity index (χ4v) is 28.8. The maximum absolute atomic E-state index is 12.3. The predicted molar refractivity (Wildman–Crippen MR) is 353 cm³/mol. The lowest BCUT2D eigenvalue weighted by molar-refractivity contribution is -0.173. The molecule has 26 atom stereocenters. The van der Waals surface area contributed by atoms with Crippen molar-refractivity contribution in [2.45, 2.75) is 301 Å². The van der Waals surface area contributed by atoms with Crippen LogP contribution in [0.25, 0.3) is 0 Å². The van der Waals surface area contributed by atoms with Crippen molar-refractivity contribution < 1.29 is 111 Å². The third-order valence-electron chi connectivity index (χ3n) is 27.0. The van der Waals surface area contributed by atoms with E-state index in [2.05, 4.69) is 13.8 Å². The van der Waals surface area contributed by atoms with Crippen molar-refractivity contribution >= 4 is 80.4 Å². The van der Waals surface area contributed by atoms with Gasteiger partial charge in [0.05, 0.1) is 53.8 Å². The minimum Gasteiger partial charge on any atom is -0.459 e. The fourth-order valence-electron chi connectivity index (χ4n) is 19.0. The summed E-state index contributed by atoms with van der Waals surface area (Å²) in [4.78, 5) is 60.9. The van der Waals surface area contributed by atoms with E-state index in [4.69, 9.17) is 44.6 Å². The molecule has 98 heavy (non-hydrogen) atoms. The van der Waals surface area contributed by atoms with E-state index in [0.29, 0.717) is 57.8 Å². The number of esters is 5. The minimum atomic E-state index is -3.50. The summed E-state index contributed by atoms with van der Waals surface area (Å²) in [6.45, 7) is 34.2. The first-order valence-electron chi connectivity index (χ1n) is 35.6. The molecule has 0 aromatic heterocycles. The quantitative estimate of drug-likeness (QED) is 0.0843. The Bertz CT molecular complexity index is 3760. The van der Waals surface area contributed by atoms with Crippen LogP contribution in [0.4, 0.5) is 0 Å². The van der Waals surface area contributed by atoms with Crippen LogP contribution in [0, 0.1) is 91.7 Å². The summed E-state index contributed by atoms with van der Waals surface area (Å²) >= 11 is 0. The number of carbonyl (C=O) groups is 5. The summed E-state index contributed by atoms with van der Waals surface area (Å²) in [5.41, 5.74) is -3.46. The average molecular weight is 1480 g/mol. The molecular formula is C68H106O25S5. The van der Waals surface area contributed by atoms with Crippen molar-refractivity contribution in [3.8, 4) is 0 Å². The van der Waals surface area contributed by atoms with Crippen LogP contribution in [-0.4, -0.2) is 159 Å². The Morgan fingerprint density at radius 2 is 0.827 bits per heavy atom. The van der Waals surface area contributed by atoms with Crippen molar-refractivity contribution in [1.29, 1.82) is 0 Å². The van der Waals surface area contributed by atoms with E-state index in [1.165, 1.54) is 0 Å². The summed E-state index contributed by atoms with van der Waals surface area (Å²) in [6.07, 6.45) is 5.60. The Morgan fingerprint density at radius 3 is 1.31 bits per heavy atom. The van der Waals surface area contributed by atoms with E-state index in [-0.39, 0.29) is 123 Å². The molecule has 15 rings (SSSR count). The van der Waals surface area contributed by atoms with Crippen molar-refractivity contribution in [3.63, 3.8) is 0 Å². The number of fused-ring (bicyclic) bond motifs is 5. The Kier molecular flexibility index (Phi) is 19.4. The highest BCUT2D eigenvalue weighted by Gasteiger charge is 2.75. The number of hydrogen-bond donors (Lipinski definition) is 0. The highest BCUT2D eigenvalue weighted by Crippen LogP contribution is 2.67. The summed E-state index contributed by atoms with van der Waals surface area (Å²) < 4.78 is 174. The maximum atomic E-state index is 12.3. The molecule has 15 fully saturated rings. The van der Waals surface area contributed by atoms with Gasteiger partial charge >= 0.3 is 29.8 Å². The van der Waals surface area contributed by atoms with Gasteiger partial charge in [0.15, 0.2) is 0 Å². The van der Waals surface area contributed by atoms with Gasteiger partial charge in [-0.2, -0.15) is 42.1 Å². The van der Waals surface area contributed by atoms with Gasteiger partial charge in [0.25, 0.3) is 50.6 Å². The SMILES string of the molecule is CCC(C)(C)C(=O)OC1C2CC3C(C2)S(=O)(=O)OC31C.CCC(C)(C)C(=O)OC1C2CC3C1OS(=O)(=O)C3C2.CCC(C)(C)C(=O)OC1C2OS(=O)(=O)C3CC1(C)CC23.CCC(C)(C)C(=O)OC1C2OS(=O)(=O)C3CC1C(C)(C)C23.CCC(C)C(=O)OC1C2CC3C1OS(=O)(=O)C3C2. The lowest BCUT2D eigenvalue weighted by atomic mass is 9.81. The van der Waals surface area contributed by atoms with Crippen molar-refractivity contribution in [1.82, 2.24) is 0 Å². The molecule has 5 saturated heterocycles. The van der Waals surface area contributed by atoms with E-state index >= 15 is 0 Å². The first kappa shape index (κ1) is 76.0. The van der Waals surface area contributed by atoms with Crippen molar-refractivity contribution in [3.05, 3.63) is 0 Å².